The van der Waals surface area contributed by atoms with Crippen LogP contribution in [0, 0.1) is 5.92 Å². The van der Waals surface area contributed by atoms with E-state index in [1.54, 1.807) is 30.3 Å². The Labute approximate surface area is 151 Å². The van der Waals surface area contributed by atoms with Crippen molar-refractivity contribution in [2.75, 3.05) is 16.0 Å². The molecule has 132 valence electrons. The maximum Gasteiger partial charge on any atom is 0.232 e. The van der Waals surface area contributed by atoms with Gasteiger partial charge in [0.15, 0.2) is 0 Å². The van der Waals surface area contributed by atoms with E-state index in [1.807, 2.05) is 18.2 Å². The quantitative estimate of drug-likeness (QED) is 0.793. The molecule has 0 spiro atoms. The van der Waals surface area contributed by atoms with Crippen molar-refractivity contribution in [2.24, 2.45) is 5.92 Å². The Balaban J connectivity index is 1.50. The predicted octanol–water partition coefficient (Wildman–Crippen LogP) is 3.10. The third-order valence-corrected chi connectivity index (χ3v) is 4.66. The van der Waals surface area contributed by atoms with Gasteiger partial charge in [-0.05, 0) is 42.7 Å². The summed E-state index contributed by atoms with van der Waals surface area (Å²) in [6.07, 6.45) is 1.98. The van der Waals surface area contributed by atoms with E-state index in [4.69, 9.17) is 0 Å². The molecule has 1 unspecified atom stereocenters. The van der Waals surface area contributed by atoms with Gasteiger partial charge < -0.3 is 16.0 Å². The molecule has 26 heavy (non-hydrogen) atoms. The summed E-state index contributed by atoms with van der Waals surface area (Å²) in [5.41, 5.74) is 2.73. The average Bonchev–Trinajstić information content (AvgIpc) is 3.46. The number of carbonyl (C=O) groups excluding carboxylic acids is 3. The highest BCUT2D eigenvalue weighted by Gasteiger charge is 2.31. The molecule has 3 amide bonds. The Hall–Kier alpha value is -3.15. The average molecular weight is 349 g/mol. The van der Waals surface area contributed by atoms with E-state index < -0.39 is 5.92 Å². The Morgan fingerprint density at radius 3 is 2.35 bits per heavy atom. The van der Waals surface area contributed by atoms with Crippen molar-refractivity contribution in [2.45, 2.75) is 25.2 Å². The third kappa shape index (κ3) is 3.44. The van der Waals surface area contributed by atoms with Gasteiger partial charge in [-0.25, -0.2) is 0 Å². The predicted molar refractivity (Wildman–Crippen MR) is 98.9 cm³/mol. The van der Waals surface area contributed by atoms with E-state index in [-0.39, 0.29) is 30.1 Å². The molecule has 1 aliphatic heterocycles. The van der Waals surface area contributed by atoms with E-state index >= 15 is 0 Å². The normalized spacial score (nSPS) is 18.5. The minimum atomic E-state index is -0.537. The number of rotatable bonds is 4. The summed E-state index contributed by atoms with van der Waals surface area (Å²) in [4.78, 5) is 36.5. The van der Waals surface area contributed by atoms with Crippen LogP contribution in [0.4, 0.5) is 17.1 Å². The molecule has 3 N–H and O–H groups in total. The summed E-state index contributed by atoms with van der Waals surface area (Å²) in [6, 6.07) is 14.4. The van der Waals surface area contributed by atoms with Gasteiger partial charge in [0, 0.05) is 29.4 Å². The molecule has 6 heteroatoms. The van der Waals surface area contributed by atoms with Gasteiger partial charge in [0.2, 0.25) is 17.7 Å². The molecule has 1 fully saturated rings. The smallest absolute Gasteiger partial charge is 0.232 e. The lowest BCUT2D eigenvalue weighted by Crippen LogP contribution is -2.30. The molecule has 1 atom stereocenters. The zero-order valence-corrected chi connectivity index (χ0v) is 14.1. The molecule has 0 radical (unpaired) electrons. The van der Waals surface area contributed by atoms with Gasteiger partial charge in [-0.3, -0.25) is 14.4 Å². The first-order chi connectivity index (χ1) is 12.6. The fourth-order valence-corrected chi connectivity index (χ4v) is 3.14. The zero-order valence-electron chi connectivity index (χ0n) is 14.1. The van der Waals surface area contributed by atoms with E-state index in [9.17, 15) is 14.4 Å². The first-order valence-corrected chi connectivity index (χ1v) is 8.71. The van der Waals surface area contributed by atoms with E-state index in [1.165, 1.54) is 0 Å². The topological polar surface area (TPSA) is 87.3 Å². The summed E-state index contributed by atoms with van der Waals surface area (Å²) in [7, 11) is 0. The molecule has 2 aromatic carbocycles. The van der Waals surface area contributed by atoms with Gasteiger partial charge in [0.25, 0.3) is 0 Å². The fraction of sp³-hybridized carbons (Fsp3) is 0.250. The summed E-state index contributed by atoms with van der Waals surface area (Å²) < 4.78 is 0. The molecule has 1 aliphatic carbocycles. The van der Waals surface area contributed by atoms with Crippen LogP contribution in [0.2, 0.25) is 0 Å². The monoisotopic (exact) mass is 349 g/mol. The van der Waals surface area contributed by atoms with Crippen LogP contribution in [-0.2, 0) is 14.4 Å². The SMILES string of the molecule is O=C1CC(C(=O)Nc2cccc(NC(=O)C3CC3)c2)c2ccccc2N1. The Bertz CT molecular complexity index is 889. The number of anilines is 3. The van der Waals surface area contributed by atoms with Crippen LogP contribution in [0.15, 0.2) is 48.5 Å². The molecule has 2 aromatic rings. The van der Waals surface area contributed by atoms with Crippen LogP contribution < -0.4 is 16.0 Å². The molecule has 1 saturated carbocycles. The van der Waals surface area contributed by atoms with Crippen molar-refractivity contribution in [3.8, 4) is 0 Å². The van der Waals surface area contributed by atoms with Crippen molar-refractivity contribution < 1.29 is 14.4 Å². The fourth-order valence-electron chi connectivity index (χ4n) is 3.14. The van der Waals surface area contributed by atoms with Crippen molar-refractivity contribution in [3.63, 3.8) is 0 Å². The van der Waals surface area contributed by atoms with Crippen molar-refractivity contribution in [3.05, 3.63) is 54.1 Å². The highest BCUT2D eigenvalue weighted by atomic mass is 16.2. The number of hydrogen-bond acceptors (Lipinski definition) is 3. The number of nitrogens with one attached hydrogen (secondary N) is 3. The number of fused-ring (bicyclic) bond motifs is 1. The maximum absolute atomic E-state index is 12.7. The van der Waals surface area contributed by atoms with E-state index in [0.29, 0.717) is 17.1 Å². The number of amides is 3. The minimum Gasteiger partial charge on any atom is -0.326 e. The van der Waals surface area contributed by atoms with Crippen LogP contribution in [0.1, 0.15) is 30.7 Å². The lowest BCUT2D eigenvalue weighted by Gasteiger charge is -2.24. The Kier molecular flexibility index (Phi) is 4.16. The Morgan fingerprint density at radius 1 is 0.923 bits per heavy atom. The van der Waals surface area contributed by atoms with Crippen LogP contribution in [0.5, 0.6) is 0 Å². The second-order valence-corrected chi connectivity index (χ2v) is 6.73. The molecule has 0 aromatic heterocycles. The van der Waals surface area contributed by atoms with Gasteiger partial charge in [0.1, 0.15) is 0 Å². The molecule has 0 bridgehead atoms. The van der Waals surface area contributed by atoms with Crippen LogP contribution in [-0.4, -0.2) is 17.7 Å². The number of carbonyl (C=O) groups is 3. The standard InChI is InChI=1S/C20H19N3O3/c24-18-11-16(15-6-1-2-7-17(15)23-18)20(26)22-14-5-3-4-13(10-14)21-19(25)12-8-9-12/h1-7,10,12,16H,8-9,11H2,(H,21,25)(H,22,26)(H,23,24). The van der Waals surface area contributed by atoms with E-state index in [2.05, 4.69) is 16.0 Å². The first kappa shape index (κ1) is 16.3. The van der Waals surface area contributed by atoms with Gasteiger partial charge in [0.05, 0.1) is 5.92 Å². The molecule has 0 saturated heterocycles. The summed E-state index contributed by atoms with van der Waals surface area (Å²) in [6.45, 7) is 0. The number of para-hydroxylation sites is 1. The van der Waals surface area contributed by atoms with Crippen LogP contribution in [0.3, 0.4) is 0 Å². The molecular weight excluding hydrogens is 330 g/mol. The summed E-state index contributed by atoms with van der Waals surface area (Å²) >= 11 is 0. The molecule has 2 aliphatic rings. The van der Waals surface area contributed by atoms with Crippen molar-refractivity contribution in [1.82, 2.24) is 0 Å². The van der Waals surface area contributed by atoms with E-state index in [0.717, 1.165) is 18.4 Å². The minimum absolute atomic E-state index is 0.0198. The van der Waals surface area contributed by atoms with Crippen molar-refractivity contribution >= 4 is 34.8 Å². The van der Waals surface area contributed by atoms with Gasteiger partial charge in [-0.1, -0.05) is 24.3 Å². The zero-order chi connectivity index (χ0) is 18.1. The summed E-state index contributed by atoms with van der Waals surface area (Å²) in [5.74, 6) is -0.811. The number of hydrogen-bond donors (Lipinski definition) is 3. The first-order valence-electron chi connectivity index (χ1n) is 8.71. The van der Waals surface area contributed by atoms with Crippen LogP contribution >= 0.6 is 0 Å². The lowest BCUT2D eigenvalue weighted by molar-refractivity contribution is -0.123. The highest BCUT2D eigenvalue weighted by molar-refractivity contribution is 6.05. The number of benzene rings is 2. The van der Waals surface area contributed by atoms with Crippen molar-refractivity contribution in [1.29, 1.82) is 0 Å². The van der Waals surface area contributed by atoms with Gasteiger partial charge in [-0.2, -0.15) is 0 Å². The highest BCUT2D eigenvalue weighted by Crippen LogP contribution is 2.33. The van der Waals surface area contributed by atoms with Gasteiger partial charge in [-0.15, -0.1) is 0 Å². The van der Waals surface area contributed by atoms with Gasteiger partial charge >= 0.3 is 0 Å². The summed E-state index contributed by atoms with van der Waals surface area (Å²) in [5, 5.41) is 8.52. The molecular formula is C20H19N3O3. The molecule has 4 rings (SSSR count). The Morgan fingerprint density at radius 2 is 1.62 bits per heavy atom. The lowest BCUT2D eigenvalue weighted by atomic mass is 9.90. The second kappa shape index (κ2) is 6.63. The largest absolute Gasteiger partial charge is 0.326 e. The maximum atomic E-state index is 12.7. The molecule has 1 heterocycles. The third-order valence-electron chi connectivity index (χ3n) is 4.66. The second-order valence-electron chi connectivity index (χ2n) is 6.73. The van der Waals surface area contributed by atoms with Crippen LogP contribution in [0.25, 0.3) is 0 Å². The molecule has 6 nitrogen and oxygen atoms in total.